The second-order valence-electron chi connectivity index (χ2n) is 4.75. The minimum absolute atomic E-state index is 0. The van der Waals surface area contributed by atoms with Crippen molar-refractivity contribution in [3.63, 3.8) is 0 Å². The lowest BCUT2D eigenvalue weighted by Gasteiger charge is -2.23. The Morgan fingerprint density at radius 2 is 1.81 bits per heavy atom. The van der Waals surface area contributed by atoms with E-state index in [9.17, 15) is 0 Å². The first-order chi connectivity index (χ1) is 6.99. The number of hydrogen-bond donors (Lipinski definition) is 1. The summed E-state index contributed by atoms with van der Waals surface area (Å²) in [7, 11) is 6.67. The normalized spacial score (nSPS) is 10.9. The zero-order valence-corrected chi connectivity index (χ0v) is 13.2. The van der Waals surface area contributed by atoms with Gasteiger partial charge < -0.3 is 34.2 Å². The molecule has 0 fully saturated rings. The maximum absolute atomic E-state index is 5.86. The first-order valence-corrected chi connectivity index (χ1v) is 6.25. The molecule has 2 nitrogen and oxygen atoms in total. The highest BCUT2D eigenvalue weighted by atomic mass is 127. The highest BCUT2D eigenvalue weighted by Crippen LogP contribution is 2.24. The van der Waals surface area contributed by atoms with Crippen LogP contribution in [0.5, 0.6) is 0 Å². The Kier molecular flexibility index (Phi) is 7.43. The predicted molar refractivity (Wildman–Crippen MR) is 69.1 cm³/mol. The summed E-state index contributed by atoms with van der Waals surface area (Å²) in [6.07, 6.45) is 1.22. The van der Waals surface area contributed by atoms with Gasteiger partial charge in [0.05, 0.1) is 27.7 Å². The zero-order chi connectivity index (χ0) is 11.3. The lowest BCUT2D eigenvalue weighted by Crippen LogP contribution is -3.00. The number of nitrogen functional groups attached to an aromatic ring is 1. The van der Waals surface area contributed by atoms with Gasteiger partial charge in [0.1, 0.15) is 0 Å². The standard InChI is InChI=1S/C12H21N2S.HI/c1-14(2,3)9-6-10-15-12-8-5-4-7-11(12)13;/h4-5,7-8H,6,9-10,13H2,1-3H3;1H/q+1;/p-1. The molecule has 0 saturated heterocycles. The van der Waals surface area contributed by atoms with E-state index in [1.807, 2.05) is 30.0 Å². The predicted octanol–water partition coefficient (Wildman–Crippen LogP) is -0.539. The molecule has 4 heteroatoms. The number of thioether (sulfide) groups is 1. The first-order valence-electron chi connectivity index (χ1n) is 5.27. The summed E-state index contributed by atoms with van der Waals surface area (Å²) in [5.41, 5.74) is 6.76. The number of para-hydroxylation sites is 1. The van der Waals surface area contributed by atoms with Gasteiger partial charge in [0.25, 0.3) is 0 Å². The lowest BCUT2D eigenvalue weighted by molar-refractivity contribution is -0.870. The number of benzene rings is 1. The first kappa shape index (κ1) is 16.1. The molecule has 0 amide bonds. The second kappa shape index (κ2) is 7.40. The van der Waals surface area contributed by atoms with E-state index in [0.717, 1.165) is 15.9 Å². The van der Waals surface area contributed by atoms with Crippen LogP contribution in [0.2, 0.25) is 0 Å². The fourth-order valence-electron chi connectivity index (χ4n) is 1.33. The smallest absolute Gasteiger partial charge is 0.0788 e. The van der Waals surface area contributed by atoms with Gasteiger partial charge in [-0.1, -0.05) is 12.1 Å². The molecular weight excluding hydrogens is 331 g/mol. The molecule has 0 atom stereocenters. The van der Waals surface area contributed by atoms with Crippen LogP contribution in [0.15, 0.2) is 29.2 Å². The minimum atomic E-state index is 0. The number of quaternary nitrogens is 1. The van der Waals surface area contributed by atoms with E-state index in [1.165, 1.54) is 17.9 Å². The molecule has 1 aromatic carbocycles. The Labute approximate surface area is 120 Å². The molecule has 0 aliphatic rings. The molecule has 16 heavy (non-hydrogen) atoms. The summed E-state index contributed by atoms with van der Waals surface area (Å²) >= 11 is 1.85. The van der Waals surface area contributed by atoms with Crippen molar-refractivity contribution < 1.29 is 28.5 Å². The average Bonchev–Trinajstić information content (AvgIpc) is 2.13. The van der Waals surface area contributed by atoms with E-state index >= 15 is 0 Å². The summed E-state index contributed by atoms with van der Waals surface area (Å²) in [6.45, 7) is 1.21. The van der Waals surface area contributed by atoms with Crippen molar-refractivity contribution in [2.45, 2.75) is 11.3 Å². The monoisotopic (exact) mass is 352 g/mol. The Morgan fingerprint density at radius 1 is 1.19 bits per heavy atom. The van der Waals surface area contributed by atoms with Crippen molar-refractivity contribution in [3.8, 4) is 0 Å². The van der Waals surface area contributed by atoms with Crippen molar-refractivity contribution in [2.24, 2.45) is 0 Å². The number of rotatable bonds is 5. The summed E-state index contributed by atoms with van der Waals surface area (Å²) < 4.78 is 1.03. The summed E-state index contributed by atoms with van der Waals surface area (Å²) in [4.78, 5) is 1.21. The van der Waals surface area contributed by atoms with Crippen molar-refractivity contribution in [1.82, 2.24) is 0 Å². The van der Waals surface area contributed by atoms with Crippen LogP contribution in [0.3, 0.4) is 0 Å². The van der Waals surface area contributed by atoms with Gasteiger partial charge in [-0.2, -0.15) is 0 Å². The summed E-state index contributed by atoms with van der Waals surface area (Å²) in [5.74, 6) is 1.14. The third-order valence-electron chi connectivity index (χ3n) is 2.15. The maximum Gasteiger partial charge on any atom is 0.0788 e. The third kappa shape index (κ3) is 6.60. The summed E-state index contributed by atoms with van der Waals surface area (Å²) in [5, 5.41) is 0. The van der Waals surface area contributed by atoms with E-state index in [1.54, 1.807) is 0 Å². The van der Waals surface area contributed by atoms with Gasteiger partial charge in [-0.15, -0.1) is 11.8 Å². The third-order valence-corrected chi connectivity index (χ3v) is 3.33. The molecule has 0 bridgehead atoms. The Bertz CT molecular complexity index is 310. The van der Waals surface area contributed by atoms with Crippen LogP contribution in [0.4, 0.5) is 5.69 Å². The molecule has 0 aromatic heterocycles. The van der Waals surface area contributed by atoms with Crippen LogP contribution in [0, 0.1) is 0 Å². The zero-order valence-electron chi connectivity index (χ0n) is 10.2. The van der Waals surface area contributed by atoms with Gasteiger partial charge >= 0.3 is 0 Å². The van der Waals surface area contributed by atoms with E-state index in [4.69, 9.17) is 5.73 Å². The van der Waals surface area contributed by atoms with E-state index in [0.29, 0.717) is 0 Å². The van der Waals surface area contributed by atoms with Crippen LogP contribution in [0.25, 0.3) is 0 Å². The Hall–Kier alpha value is 0.0600. The molecule has 1 aromatic rings. The number of halogens is 1. The quantitative estimate of drug-likeness (QED) is 0.253. The van der Waals surface area contributed by atoms with Crippen molar-refractivity contribution >= 4 is 17.4 Å². The molecule has 0 aliphatic heterocycles. The number of nitrogens with zero attached hydrogens (tertiary/aromatic N) is 1. The fourth-order valence-corrected chi connectivity index (χ4v) is 2.24. The summed E-state index contributed by atoms with van der Waals surface area (Å²) in [6, 6.07) is 8.07. The molecule has 0 saturated carbocycles. The molecule has 2 N–H and O–H groups in total. The average molecular weight is 352 g/mol. The van der Waals surface area contributed by atoms with Crippen molar-refractivity contribution in [3.05, 3.63) is 24.3 Å². The van der Waals surface area contributed by atoms with Crippen molar-refractivity contribution in [2.75, 3.05) is 39.2 Å². The number of hydrogen-bond acceptors (Lipinski definition) is 2. The van der Waals surface area contributed by atoms with Gasteiger partial charge in [0, 0.05) is 22.8 Å². The van der Waals surface area contributed by atoms with Crippen LogP contribution in [0.1, 0.15) is 6.42 Å². The van der Waals surface area contributed by atoms with E-state index < -0.39 is 0 Å². The van der Waals surface area contributed by atoms with Gasteiger partial charge in [-0.3, -0.25) is 0 Å². The van der Waals surface area contributed by atoms with Gasteiger partial charge in [-0.05, 0) is 12.1 Å². The molecule has 0 heterocycles. The van der Waals surface area contributed by atoms with Gasteiger partial charge in [-0.25, -0.2) is 0 Å². The number of anilines is 1. The highest BCUT2D eigenvalue weighted by Gasteiger charge is 2.06. The van der Waals surface area contributed by atoms with Crippen LogP contribution in [-0.2, 0) is 0 Å². The second-order valence-corrected chi connectivity index (χ2v) is 5.89. The molecule has 0 spiro atoms. The SMILES string of the molecule is C[N+](C)(C)CCCSc1ccccc1N.[I-]. The largest absolute Gasteiger partial charge is 1.00 e. The fraction of sp³-hybridized carbons (Fsp3) is 0.500. The van der Waals surface area contributed by atoms with E-state index in [-0.39, 0.29) is 24.0 Å². The molecule has 0 aliphatic carbocycles. The van der Waals surface area contributed by atoms with Crippen LogP contribution < -0.4 is 29.7 Å². The maximum atomic E-state index is 5.86. The molecular formula is C12H21IN2S. The lowest BCUT2D eigenvalue weighted by atomic mass is 10.3. The molecule has 0 radical (unpaired) electrons. The van der Waals surface area contributed by atoms with Gasteiger partial charge in [0.15, 0.2) is 0 Å². The number of nitrogens with two attached hydrogens (primary N) is 1. The molecule has 1 rings (SSSR count). The minimum Gasteiger partial charge on any atom is -1.00 e. The van der Waals surface area contributed by atoms with Gasteiger partial charge in [0.2, 0.25) is 0 Å². The topological polar surface area (TPSA) is 26.0 Å². The Balaban J connectivity index is 0.00000225. The van der Waals surface area contributed by atoms with E-state index in [2.05, 4.69) is 27.2 Å². The Morgan fingerprint density at radius 3 is 2.38 bits per heavy atom. The van der Waals surface area contributed by atoms with Crippen molar-refractivity contribution in [1.29, 1.82) is 0 Å². The highest BCUT2D eigenvalue weighted by molar-refractivity contribution is 7.99. The van der Waals surface area contributed by atoms with Crippen LogP contribution in [-0.4, -0.2) is 37.9 Å². The molecule has 0 unspecified atom stereocenters. The van der Waals surface area contributed by atoms with Crippen LogP contribution >= 0.6 is 11.8 Å². The molecule has 92 valence electrons.